The molecule has 1 aliphatic rings. The molecular formula is C22H24F4O. The van der Waals surface area contributed by atoms with Crippen LogP contribution in [0.15, 0.2) is 24.3 Å². The van der Waals surface area contributed by atoms with Gasteiger partial charge in [-0.05, 0) is 68.1 Å². The molecule has 0 N–H and O–H groups in total. The van der Waals surface area contributed by atoms with Gasteiger partial charge in [0.25, 0.3) is 0 Å². The molecule has 3 rings (SSSR count). The smallest absolute Gasteiger partial charge is 0.164 e. The summed E-state index contributed by atoms with van der Waals surface area (Å²) in [6.07, 6.45) is 2.46. The summed E-state index contributed by atoms with van der Waals surface area (Å²) in [6.45, 7) is 3.81. The Kier molecular flexibility index (Phi) is 6.20. The lowest BCUT2D eigenvalue weighted by molar-refractivity contribution is 0.131. The highest BCUT2D eigenvalue weighted by Gasteiger charge is 2.29. The normalized spacial score (nSPS) is 20.1. The molecule has 1 saturated carbocycles. The lowest BCUT2D eigenvalue weighted by Gasteiger charge is -2.30. The zero-order valence-electron chi connectivity index (χ0n) is 15.6. The van der Waals surface area contributed by atoms with Gasteiger partial charge in [0.15, 0.2) is 23.3 Å². The summed E-state index contributed by atoms with van der Waals surface area (Å²) >= 11 is 0. The molecule has 1 aliphatic carbocycles. The van der Waals surface area contributed by atoms with Crippen LogP contribution in [0, 0.1) is 30.2 Å². The highest BCUT2D eigenvalue weighted by atomic mass is 19.2. The molecule has 0 amide bonds. The van der Waals surface area contributed by atoms with E-state index in [1.165, 1.54) is 6.92 Å². The van der Waals surface area contributed by atoms with Crippen molar-refractivity contribution < 1.29 is 22.3 Å². The Morgan fingerprint density at radius 1 is 0.778 bits per heavy atom. The van der Waals surface area contributed by atoms with Gasteiger partial charge < -0.3 is 4.74 Å². The van der Waals surface area contributed by atoms with Crippen molar-refractivity contribution in [1.82, 2.24) is 0 Å². The average Bonchev–Trinajstić information content (AvgIpc) is 2.68. The van der Waals surface area contributed by atoms with Crippen molar-refractivity contribution in [3.05, 3.63) is 69.8 Å². The molecule has 1 fully saturated rings. The van der Waals surface area contributed by atoms with Gasteiger partial charge in [-0.15, -0.1) is 0 Å². The predicted octanol–water partition coefficient (Wildman–Crippen LogP) is 6.53. The molecule has 0 atom stereocenters. The molecular weight excluding hydrogens is 356 g/mol. The third-order valence-corrected chi connectivity index (χ3v) is 5.57. The lowest BCUT2D eigenvalue weighted by Crippen LogP contribution is -2.16. The Morgan fingerprint density at radius 2 is 1.30 bits per heavy atom. The van der Waals surface area contributed by atoms with Crippen LogP contribution in [0.3, 0.4) is 0 Å². The highest BCUT2D eigenvalue weighted by molar-refractivity contribution is 5.31. The molecule has 0 heterocycles. The molecule has 0 saturated heterocycles. The number of hydrogen-bond donors (Lipinski definition) is 0. The van der Waals surface area contributed by atoms with E-state index in [4.69, 9.17) is 4.74 Å². The molecule has 0 unspecified atom stereocenters. The van der Waals surface area contributed by atoms with Crippen molar-refractivity contribution >= 4 is 0 Å². The molecule has 0 spiro atoms. The second-order valence-electron chi connectivity index (χ2n) is 7.23. The molecule has 5 heteroatoms. The molecule has 2 aromatic carbocycles. The fourth-order valence-corrected chi connectivity index (χ4v) is 3.93. The summed E-state index contributed by atoms with van der Waals surface area (Å²) < 4.78 is 62.0. The van der Waals surface area contributed by atoms with Crippen LogP contribution >= 0.6 is 0 Å². The van der Waals surface area contributed by atoms with E-state index in [-0.39, 0.29) is 29.6 Å². The van der Waals surface area contributed by atoms with E-state index >= 15 is 0 Å². The van der Waals surface area contributed by atoms with Crippen LogP contribution < -0.4 is 0 Å². The first-order valence-corrected chi connectivity index (χ1v) is 9.43. The van der Waals surface area contributed by atoms with Crippen LogP contribution in [0.2, 0.25) is 0 Å². The Labute approximate surface area is 157 Å². The van der Waals surface area contributed by atoms with Gasteiger partial charge in [-0.3, -0.25) is 0 Å². The largest absolute Gasteiger partial charge is 0.377 e. The summed E-state index contributed by atoms with van der Waals surface area (Å²) in [5.41, 5.74) is 1.25. The topological polar surface area (TPSA) is 9.23 Å². The maximum absolute atomic E-state index is 14.5. The maximum atomic E-state index is 14.5. The van der Waals surface area contributed by atoms with Crippen molar-refractivity contribution in [2.45, 2.75) is 58.0 Å². The zero-order chi connectivity index (χ0) is 19.6. The third-order valence-electron chi connectivity index (χ3n) is 5.57. The van der Waals surface area contributed by atoms with Crippen LogP contribution in [0.25, 0.3) is 0 Å². The van der Waals surface area contributed by atoms with Crippen molar-refractivity contribution in [3.63, 3.8) is 0 Å². The van der Waals surface area contributed by atoms with Crippen molar-refractivity contribution in [1.29, 1.82) is 0 Å². The number of aryl methyl sites for hydroxylation is 1. The summed E-state index contributed by atoms with van der Waals surface area (Å²) in [6, 6.07) is 6.43. The van der Waals surface area contributed by atoms with E-state index in [9.17, 15) is 17.6 Å². The Morgan fingerprint density at radius 3 is 1.85 bits per heavy atom. The SMILES string of the molecule is CCOCc1ccc(C2CCC(c3ccc(C)c(F)c3F)CC2)c(F)c1F. The number of ether oxygens (including phenoxy) is 1. The quantitative estimate of drug-likeness (QED) is 0.536. The lowest BCUT2D eigenvalue weighted by atomic mass is 9.75. The number of rotatable bonds is 5. The summed E-state index contributed by atoms with van der Waals surface area (Å²) in [7, 11) is 0. The van der Waals surface area contributed by atoms with E-state index in [2.05, 4.69) is 0 Å². The maximum Gasteiger partial charge on any atom is 0.164 e. The Bertz CT molecular complexity index is 810. The second-order valence-corrected chi connectivity index (χ2v) is 7.23. The summed E-state index contributed by atoms with van der Waals surface area (Å²) in [4.78, 5) is 0. The number of hydrogen-bond acceptors (Lipinski definition) is 1. The van der Waals surface area contributed by atoms with Crippen LogP contribution in [-0.2, 0) is 11.3 Å². The summed E-state index contributed by atoms with van der Waals surface area (Å²) in [5.74, 6) is -3.46. The fourth-order valence-electron chi connectivity index (χ4n) is 3.93. The zero-order valence-corrected chi connectivity index (χ0v) is 15.6. The van der Waals surface area contributed by atoms with Crippen LogP contribution in [0.1, 0.15) is 66.7 Å². The van der Waals surface area contributed by atoms with E-state index in [1.54, 1.807) is 31.2 Å². The third kappa shape index (κ3) is 4.03. The molecule has 0 bridgehead atoms. The monoisotopic (exact) mass is 380 g/mol. The first kappa shape index (κ1) is 19.9. The molecule has 0 aromatic heterocycles. The van der Waals surface area contributed by atoms with Crippen molar-refractivity contribution in [2.75, 3.05) is 6.61 Å². The van der Waals surface area contributed by atoms with Gasteiger partial charge in [0, 0.05) is 12.2 Å². The van der Waals surface area contributed by atoms with Crippen molar-refractivity contribution in [2.24, 2.45) is 0 Å². The molecule has 1 nitrogen and oxygen atoms in total. The standard InChI is InChI=1S/C22H24F4O/c1-3-27-12-16-9-11-18(22(26)20(16)24)15-7-5-14(6-8-15)17-10-4-13(2)19(23)21(17)25/h4,9-11,14-15H,3,5-8,12H2,1-2H3. The van der Waals surface area contributed by atoms with Gasteiger partial charge in [0.2, 0.25) is 0 Å². The molecule has 146 valence electrons. The fraction of sp³-hybridized carbons (Fsp3) is 0.455. The average molecular weight is 380 g/mol. The second kappa shape index (κ2) is 8.42. The van der Waals surface area contributed by atoms with E-state index in [0.29, 0.717) is 43.4 Å². The molecule has 27 heavy (non-hydrogen) atoms. The minimum absolute atomic E-state index is 0.0462. The number of halogens is 4. The molecule has 0 radical (unpaired) electrons. The van der Waals surface area contributed by atoms with Crippen LogP contribution in [0.5, 0.6) is 0 Å². The Balaban J connectivity index is 1.73. The van der Waals surface area contributed by atoms with Gasteiger partial charge in [0.05, 0.1) is 6.61 Å². The van der Waals surface area contributed by atoms with E-state index in [0.717, 1.165) is 0 Å². The van der Waals surface area contributed by atoms with Gasteiger partial charge in [-0.1, -0.05) is 24.3 Å². The van der Waals surface area contributed by atoms with Gasteiger partial charge in [-0.25, -0.2) is 17.6 Å². The molecule has 2 aromatic rings. The van der Waals surface area contributed by atoms with Crippen molar-refractivity contribution in [3.8, 4) is 0 Å². The van der Waals surface area contributed by atoms with Gasteiger partial charge in [0.1, 0.15) is 0 Å². The Hall–Kier alpha value is -1.88. The highest BCUT2D eigenvalue weighted by Crippen LogP contribution is 2.42. The van der Waals surface area contributed by atoms with Gasteiger partial charge in [-0.2, -0.15) is 0 Å². The number of benzene rings is 2. The molecule has 0 aliphatic heterocycles. The first-order chi connectivity index (χ1) is 12.9. The summed E-state index contributed by atoms with van der Waals surface area (Å²) in [5, 5.41) is 0. The first-order valence-electron chi connectivity index (χ1n) is 9.43. The minimum atomic E-state index is -0.852. The van der Waals surface area contributed by atoms with Gasteiger partial charge >= 0.3 is 0 Å². The predicted molar refractivity (Wildman–Crippen MR) is 96.7 cm³/mol. The minimum Gasteiger partial charge on any atom is -0.377 e. The van der Waals surface area contributed by atoms with Crippen LogP contribution in [0.4, 0.5) is 17.6 Å². The van der Waals surface area contributed by atoms with E-state index in [1.807, 2.05) is 0 Å². The van der Waals surface area contributed by atoms with Crippen LogP contribution in [-0.4, -0.2) is 6.61 Å². The van der Waals surface area contributed by atoms with E-state index < -0.39 is 23.3 Å².